The summed E-state index contributed by atoms with van der Waals surface area (Å²) >= 11 is 5.78. The van der Waals surface area contributed by atoms with Crippen molar-refractivity contribution in [2.45, 2.75) is 18.3 Å². The lowest BCUT2D eigenvalue weighted by atomic mass is 9.73. The van der Waals surface area contributed by atoms with Gasteiger partial charge in [0, 0.05) is 17.0 Å². The van der Waals surface area contributed by atoms with Gasteiger partial charge in [0.15, 0.2) is 0 Å². The van der Waals surface area contributed by atoms with Crippen LogP contribution < -0.4 is 4.74 Å². The van der Waals surface area contributed by atoms with Gasteiger partial charge >= 0.3 is 0 Å². The molecule has 21 heavy (non-hydrogen) atoms. The zero-order valence-electron chi connectivity index (χ0n) is 11.3. The molecular formula is C17H13ClFNO. The van der Waals surface area contributed by atoms with Crippen LogP contribution in [0.15, 0.2) is 42.5 Å². The van der Waals surface area contributed by atoms with Gasteiger partial charge in [-0.05, 0) is 30.2 Å². The Morgan fingerprint density at radius 2 is 2.10 bits per heavy atom. The van der Waals surface area contributed by atoms with Crippen molar-refractivity contribution in [3.05, 3.63) is 64.4 Å². The molecule has 0 aliphatic carbocycles. The van der Waals surface area contributed by atoms with E-state index in [9.17, 15) is 9.65 Å². The topological polar surface area (TPSA) is 33.0 Å². The molecule has 0 spiro atoms. The third-order valence-electron chi connectivity index (χ3n) is 3.91. The van der Waals surface area contributed by atoms with Gasteiger partial charge in [0.05, 0.1) is 18.1 Å². The van der Waals surface area contributed by atoms with Gasteiger partial charge in [-0.25, -0.2) is 4.39 Å². The molecule has 3 rings (SSSR count). The van der Waals surface area contributed by atoms with Crippen LogP contribution in [-0.2, 0) is 11.8 Å². The maximum atomic E-state index is 14.1. The molecule has 1 unspecified atom stereocenters. The molecule has 0 bridgehead atoms. The second kappa shape index (κ2) is 5.38. The highest BCUT2D eigenvalue weighted by Crippen LogP contribution is 2.41. The molecule has 106 valence electrons. The van der Waals surface area contributed by atoms with Crippen LogP contribution in [0, 0.1) is 17.1 Å². The van der Waals surface area contributed by atoms with Crippen molar-refractivity contribution >= 4 is 11.6 Å². The quantitative estimate of drug-likeness (QED) is 0.830. The van der Waals surface area contributed by atoms with Crippen molar-refractivity contribution in [1.29, 1.82) is 5.26 Å². The van der Waals surface area contributed by atoms with Gasteiger partial charge in [-0.15, -0.1) is 0 Å². The SMILES string of the molecule is N#CC1(Cc2ccc(Cl)cc2F)CCOc2ccccc21. The first kappa shape index (κ1) is 13.9. The lowest BCUT2D eigenvalue weighted by Gasteiger charge is -2.33. The monoisotopic (exact) mass is 301 g/mol. The molecule has 1 atom stereocenters. The lowest BCUT2D eigenvalue weighted by molar-refractivity contribution is 0.240. The summed E-state index contributed by atoms with van der Waals surface area (Å²) in [5.74, 6) is 0.334. The van der Waals surface area contributed by atoms with Gasteiger partial charge in [-0.3, -0.25) is 0 Å². The molecule has 0 amide bonds. The Hall–Kier alpha value is -2.05. The molecule has 0 aromatic heterocycles. The van der Waals surface area contributed by atoms with E-state index in [0.717, 1.165) is 5.56 Å². The minimum atomic E-state index is -0.760. The largest absolute Gasteiger partial charge is 0.493 e. The van der Waals surface area contributed by atoms with Gasteiger partial charge in [-0.2, -0.15) is 5.26 Å². The maximum Gasteiger partial charge on any atom is 0.127 e. The number of fused-ring (bicyclic) bond motifs is 1. The van der Waals surface area contributed by atoms with E-state index in [1.807, 2.05) is 24.3 Å². The molecule has 0 saturated carbocycles. The highest BCUT2D eigenvalue weighted by molar-refractivity contribution is 6.30. The van der Waals surface area contributed by atoms with Crippen molar-refractivity contribution in [1.82, 2.24) is 0 Å². The molecule has 4 heteroatoms. The smallest absolute Gasteiger partial charge is 0.127 e. The number of ether oxygens (including phenoxy) is 1. The molecule has 1 aliphatic rings. The van der Waals surface area contributed by atoms with Crippen molar-refractivity contribution in [2.75, 3.05) is 6.61 Å². The minimum Gasteiger partial charge on any atom is -0.493 e. The standard InChI is InChI=1S/C17H13ClFNO/c18-13-6-5-12(15(19)9-13)10-17(11-20)7-8-21-16-4-2-1-3-14(16)17/h1-6,9H,7-8,10H2. The molecule has 1 heterocycles. The number of hydrogen-bond acceptors (Lipinski definition) is 2. The fourth-order valence-electron chi connectivity index (χ4n) is 2.79. The normalized spacial score (nSPS) is 20.2. The zero-order valence-corrected chi connectivity index (χ0v) is 12.0. The summed E-state index contributed by atoms with van der Waals surface area (Å²) < 4.78 is 19.7. The Balaban J connectivity index is 2.05. The van der Waals surface area contributed by atoms with Gasteiger partial charge in [0.1, 0.15) is 11.6 Å². The fourth-order valence-corrected chi connectivity index (χ4v) is 2.95. The summed E-state index contributed by atoms with van der Waals surface area (Å²) in [6.07, 6.45) is 0.857. The summed E-state index contributed by atoms with van der Waals surface area (Å²) in [5.41, 5.74) is 0.564. The number of benzene rings is 2. The number of para-hydroxylation sites is 1. The third-order valence-corrected chi connectivity index (χ3v) is 4.15. The summed E-state index contributed by atoms with van der Waals surface area (Å²) in [6.45, 7) is 0.458. The van der Waals surface area contributed by atoms with Crippen LogP contribution in [-0.4, -0.2) is 6.61 Å². The van der Waals surface area contributed by atoms with Crippen molar-refractivity contribution in [3.63, 3.8) is 0 Å². The number of halogens is 2. The van der Waals surface area contributed by atoms with Crippen LogP contribution in [0.2, 0.25) is 5.02 Å². The first-order valence-corrected chi connectivity index (χ1v) is 7.10. The molecule has 0 radical (unpaired) electrons. The number of nitriles is 1. The van der Waals surface area contributed by atoms with Crippen LogP contribution in [0.1, 0.15) is 17.5 Å². The van der Waals surface area contributed by atoms with Crippen molar-refractivity contribution in [3.8, 4) is 11.8 Å². The Labute approximate surface area is 127 Å². The Kier molecular flexibility index (Phi) is 3.57. The summed E-state index contributed by atoms with van der Waals surface area (Å²) in [7, 11) is 0. The minimum absolute atomic E-state index is 0.312. The van der Waals surface area contributed by atoms with E-state index in [4.69, 9.17) is 16.3 Å². The average Bonchev–Trinajstić information content (AvgIpc) is 2.50. The van der Waals surface area contributed by atoms with Crippen LogP contribution in [0.3, 0.4) is 0 Å². The summed E-state index contributed by atoms with van der Waals surface area (Å²) in [5, 5.41) is 10.1. The van der Waals surface area contributed by atoms with E-state index in [1.165, 1.54) is 6.07 Å². The highest BCUT2D eigenvalue weighted by Gasteiger charge is 2.38. The van der Waals surface area contributed by atoms with E-state index >= 15 is 0 Å². The fraction of sp³-hybridized carbons (Fsp3) is 0.235. The number of rotatable bonds is 2. The van der Waals surface area contributed by atoms with Crippen LogP contribution in [0.25, 0.3) is 0 Å². The van der Waals surface area contributed by atoms with E-state index in [0.29, 0.717) is 35.8 Å². The number of hydrogen-bond donors (Lipinski definition) is 0. The Morgan fingerprint density at radius 1 is 1.29 bits per heavy atom. The third kappa shape index (κ3) is 2.48. The first-order chi connectivity index (χ1) is 10.1. The van der Waals surface area contributed by atoms with Crippen molar-refractivity contribution in [2.24, 2.45) is 0 Å². The van der Waals surface area contributed by atoms with E-state index in [1.54, 1.807) is 12.1 Å². The second-order valence-corrected chi connectivity index (χ2v) is 5.64. The molecule has 2 nitrogen and oxygen atoms in total. The zero-order chi connectivity index (χ0) is 14.9. The first-order valence-electron chi connectivity index (χ1n) is 6.72. The number of nitrogens with zero attached hydrogens (tertiary/aromatic N) is 1. The van der Waals surface area contributed by atoms with Gasteiger partial charge in [0.25, 0.3) is 0 Å². The predicted octanol–water partition coefficient (Wildman–Crippen LogP) is 4.27. The lowest BCUT2D eigenvalue weighted by Crippen LogP contribution is -2.34. The Morgan fingerprint density at radius 3 is 2.86 bits per heavy atom. The predicted molar refractivity (Wildman–Crippen MR) is 79.0 cm³/mol. The van der Waals surface area contributed by atoms with E-state index in [2.05, 4.69) is 6.07 Å². The molecule has 2 aromatic rings. The second-order valence-electron chi connectivity index (χ2n) is 5.20. The Bertz CT molecular complexity index is 725. The molecule has 0 N–H and O–H groups in total. The highest BCUT2D eigenvalue weighted by atomic mass is 35.5. The van der Waals surface area contributed by atoms with Crippen LogP contribution in [0.5, 0.6) is 5.75 Å². The van der Waals surface area contributed by atoms with Gasteiger partial charge in [-0.1, -0.05) is 35.9 Å². The summed E-state index contributed by atoms with van der Waals surface area (Å²) in [6, 6.07) is 14.4. The molecule has 2 aromatic carbocycles. The van der Waals surface area contributed by atoms with Gasteiger partial charge < -0.3 is 4.74 Å². The molecule has 1 aliphatic heterocycles. The molecule has 0 saturated heterocycles. The van der Waals surface area contributed by atoms with Crippen molar-refractivity contribution < 1.29 is 9.13 Å². The maximum absolute atomic E-state index is 14.1. The summed E-state index contributed by atoms with van der Waals surface area (Å²) in [4.78, 5) is 0. The van der Waals surface area contributed by atoms with E-state index < -0.39 is 5.41 Å². The molecular weight excluding hydrogens is 289 g/mol. The van der Waals surface area contributed by atoms with E-state index in [-0.39, 0.29) is 5.82 Å². The van der Waals surface area contributed by atoms with Crippen LogP contribution >= 0.6 is 11.6 Å². The average molecular weight is 302 g/mol. The van der Waals surface area contributed by atoms with Gasteiger partial charge in [0.2, 0.25) is 0 Å². The van der Waals surface area contributed by atoms with Crippen LogP contribution in [0.4, 0.5) is 4.39 Å². The molecule has 0 fully saturated rings.